The number of nitro benzene ring substituents is 1. The maximum absolute atomic E-state index is 12.7. The maximum atomic E-state index is 12.7. The van der Waals surface area contributed by atoms with Gasteiger partial charge >= 0.3 is 5.69 Å². The Bertz CT molecular complexity index is 1020. The van der Waals surface area contributed by atoms with Gasteiger partial charge in [0.25, 0.3) is 5.91 Å². The third-order valence-corrected chi connectivity index (χ3v) is 5.04. The molecule has 0 saturated carbocycles. The summed E-state index contributed by atoms with van der Waals surface area (Å²) in [6.07, 6.45) is 0. The predicted molar refractivity (Wildman–Crippen MR) is 116 cm³/mol. The van der Waals surface area contributed by atoms with Gasteiger partial charge in [0, 0.05) is 29.7 Å². The lowest BCUT2D eigenvalue weighted by Gasteiger charge is -2.29. The molecule has 1 aliphatic heterocycles. The number of amides is 2. The number of nitrogens with one attached hydrogen (secondary N) is 1. The molecule has 32 heavy (non-hydrogen) atoms. The van der Waals surface area contributed by atoms with Crippen molar-refractivity contribution < 1.29 is 28.7 Å². The number of methoxy groups -OCH3 is 1. The van der Waals surface area contributed by atoms with Gasteiger partial charge in [0.05, 0.1) is 25.2 Å². The number of hydrogen-bond acceptors (Lipinski definition) is 7. The van der Waals surface area contributed by atoms with Crippen LogP contribution >= 0.6 is 11.6 Å². The Morgan fingerprint density at radius 1 is 1.16 bits per heavy atom. The zero-order valence-corrected chi connectivity index (χ0v) is 18.3. The van der Waals surface area contributed by atoms with E-state index in [1.165, 1.54) is 43.5 Å². The molecule has 1 atom stereocenters. The minimum atomic E-state index is -0.723. The van der Waals surface area contributed by atoms with Crippen LogP contribution in [0.25, 0.3) is 0 Å². The summed E-state index contributed by atoms with van der Waals surface area (Å²) in [7, 11) is 1.38. The van der Waals surface area contributed by atoms with Crippen molar-refractivity contribution in [1.82, 2.24) is 10.2 Å². The number of morpholine rings is 1. The van der Waals surface area contributed by atoms with Crippen LogP contribution in [-0.4, -0.2) is 61.1 Å². The van der Waals surface area contributed by atoms with Crippen molar-refractivity contribution in [3.8, 4) is 17.2 Å². The molecule has 0 radical (unpaired) electrons. The molecule has 2 aromatic carbocycles. The number of carbonyl (C=O) groups is 2. The van der Waals surface area contributed by atoms with Gasteiger partial charge in [-0.1, -0.05) is 11.6 Å². The van der Waals surface area contributed by atoms with Crippen LogP contribution in [0.3, 0.4) is 0 Å². The Labute approximate surface area is 189 Å². The zero-order chi connectivity index (χ0) is 23.3. The maximum Gasteiger partial charge on any atom is 0.313 e. The lowest BCUT2D eigenvalue weighted by atomic mass is 10.1. The number of nitrogens with zero attached hydrogens (tertiary/aromatic N) is 2. The normalized spacial score (nSPS) is 14.4. The topological polar surface area (TPSA) is 120 Å². The molecule has 1 unspecified atom stereocenters. The van der Waals surface area contributed by atoms with Crippen LogP contribution in [-0.2, 0) is 9.53 Å². The summed E-state index contributed by atoms with van der Waals surface area (Å²) >= 11 is 5.83. The molecular formula is C21H22ClN3O7. The highest BCUT2D eigenvalue weighted by Crippen LogP contribution is 2.37. The fraction of sp³-hybridized carbons (Fsp3) is 0.333. The molecule has 0 aliphatic carbocycles. The van der Waals surface area contributed by atoms with Gasteiger partial charge < -0.3 is 24.4 Å². The number of ether oxygens (including phenoxy) is 3. The number of halogens is 1. The largest absolute Gasteiger partial charge is 0.493 e. The van der Waals surface area contributed by atoms with Crippen molar-refractivity contribution in [2.75, 3.05) is 33.4 Å². The van der Waals surface area contributed by atoms with Gasteiger partial charge in [-0.05, 0) is 37.3 Å². The first-order valence-corrected chi connectivity index (χ1v) is 10.1. The van der Waals surface area contributed by atoms with E-state index in [9.17, 15) is 19.7 Å². The van der Waals surface area contributed by atoms with E-state index in [-0.39, 0.29) is 39.4 Å². The van der Waals surface area contributed by atoms with Crippen molar-refractivity contribution >= 4 is 29.1 Å². The summed E-state index contributed by atoms with van der Waals surface area (Å²) in [5.41, 5.74) is -0.0711. The highest BCUT2D eigenvalue weighted by Gasteiger charge is 2.25. The first-order valence-electron chi connectivity index (χ1n) is 9.77. The van der Waals surface area contributed by atoms with Crippen LogP contribution in [0.2, 0.25) is 5.02 Å². The monoisotopic (exact) mass is 463 g/mol. The van der Waals surface area contributed by atoms with Gasteiger partial charge in [-0.25, -0.2) is 0 Å². The van der Waals surface area contributed by atoms with E-state index < -0.39 is 16.9 Å². The average molecular weight is 464 g/mol. The molecule has 170 valence electrons. The predicted octanol–water partition coefficient (Wildman–Crippen LogP) is 3.03. The smallest absolute Gasteiger partial charge is 0.313 e. The van der Waals surface area contributed by atoms with Crippen molar-refractivity contribution in [2.45, 2.75) is 13.0 Å². The second-order valence-corrected chi connectivity index (χ2v) is 7.41. The van der Waals surface area contributed by atoms with Crippen molar-refractivity contribution in [1.29, 1.82) is 0 Å². The second kappa shape index (κ2) is 10.3. The van der Waals surface area contributed by atoms with Gasteiger partial charge in [-0.3, -0.25) is 19.7 Å². The fourth-order valence-electron chi connectivity index (χ4n) is 3.13. The van der Waals surface area contributed by atoms with E-state index in [1.807, 2.05) is 0 Å². The molecule has 2 aromatic rings. The fourth-order valence-corrected chi connectivity index (χ4v) is 3.30. The molecule has 0 spiro atoms. The Kier molecular flexibility index (Phi) is 7.49. The van der Waals surface area contributed by atoms with Crippen LogP contribution in [0.5, 0.6) is 17.2 Å². The SMILES string of the molecule is COc1cc(C(=O)NC(C)C(=O)N2CCOCC2)ccc1Oc1ccc(Cl)cc1[N+](=O)[O-]. The van der Waals surface area contributed by atoms with Crippen molar-refractivity contribution in [3.05, 3.63) is 57.1 Å². The highest BCUT2D eigenvalue weighted by molar-refractivity contribution is 6.30. The molecule has 1 heterocycles. The van der Waals surface area contributed by atoms with Crippen molar-refractivity contribution in [2.24, 2.45) is 0 Å². The van der Waals surface area contributed by atoms with Crippen LogP contribution in [0.1, 0.15) is 17.3 Å². The molecular weight excluding hydrogens is 442 g/mol. The van der Waals surface area contributed by atoms with E-state index in [2.05, 4.69) is 5.32 Å². The lowest BCUT2D eigenvalue weighted by molar-refractivity contribution is -0.385. The van der Waals surface area contributed by atoms with Gasteiger partial charge in [0.2, 0.25) is 11.7 Å². The quantitative estimate of drug-likeness (QED) is 0.495. The second-order valence-electron chi connectivity index (χ2n) is 6.97. The summed E-state index contributed by atoms with van der Waals surface area (Å²) in [5, 5.41) is 14.1. The average Bonchev–Trinajstić information content (AvgIpc) is 2.80. The third-order valence-electron chi connectivity index (χ3n) is 4.80. The Morgan fingerprint density at radius 3 is 2.50 bits per heavy atom. The molecule has 1 aliphatic rings. The molecule has 3 rings (SSSR count). The van der Waals surface area contributed by atoms with Crippen LogP contribution in [0.15, 0.2) is 36.4 Å². The molecule has 10 nitrogen and oxygen atoms in total. The number of hydrogen-bond donors (Lipinski definition) is 1. The number of benzene rings is 2. The highest BCUT2D eigenvalue weighted by atomic mass is 35.5. The molecule has 1 N–H and O–H groups in total. The molecule has 1 saturated heterocycles. The van der Waals surface area contributed by atoms with E-state index >= 15 is 0 Å². The summed E-state index contributed by atoms with van der Waals surface area (Å²) in [5.74, 6) is -0.328. The van der Waals surface area contributed by atoms with E-state index in [1.54, 1.807) is 11.8 Å². The van der Waals surface area contributed by atoms with Gasteiger partial charge in [-0.2, -0.15) is 0 Å². The Balaban J connectivity index is 1.74. The van der Waals surface area contributed by atoms with E-state index in [0.29, 0.717) is 26.3 Å². The molecule has 1 fully saturated rings. The van der Waals surface area contributed by atoms with E-state index in [0.717, 1.165) is 0 Å². The van der Waals surface area contributed by atoms with Crippen LogP contribution in [0.4, 0.5) is 5.69 Å². The summed E-state index contributed by atoms with van der Waals surface area (Å²) in [4.78, 5) is 37.5. The van der Waals surface area contributed by atoms with Gasteiger partial charge in [0.1, 0.15) is 6.04 Å². The minimum Gasteiger partial charge on any atom is -0.493 e. The molecule has 2 amide bonds. The number of carbonyl (C=O) groups excluding carboxylic acids is 2. The molecule has 0 bridgehead atoms. The van der Waals surface area contributed by atoms with E-state index in [4.69, 9.17) is 25.8 Å². The number of nitro groups is 1. The number of rotatable bonds is 7. The Hall–Kier alpha value is -3.37. The Morgan fingerprint density at radius 2 is 1.84 bits per heavy atom. The summed E-state index contributed by atoms with van der Waals surface area (Å²) in [6.45, 7) is 3.52. The van der Waals surface area contributed by atoms with Gasteiger partial charge in [0.15, 0.2) is 11.5 Å². The summed E-state index contributed by atoms with van der Waals surface area (Å²) in [6, 6.07) is 7.65. The summed E-state index contributed by atoms with van der Waals surface area (Å²) < 4.78 is 16.2. The van der Waals surface area contributed by atoms with Crippen LogP contribution < -0.4 is 14.8 Å². The minimum absolute atomic E-state index is 0.0281. The zero-order valence-electron chi connectivity index (χ0n) is 17.5. The first-order chi connectivity index (χ1) is 15.3. The van der Waals surface area contributed by atoms with Gasteiger partial charge in [-0.15, -0.1) is 0 Å². The molecule has 0 aromatic heterocycles. The molecule has 11 heteroatoms. The lowest BCUT2D eigenvalue weighted by Crippen LogP contribution is -2.50. The standard InChI is InChI=1S/C21H22ClN3O7/c1-13(21(27)24-7-9-31-10-8-24)23-20(26)14-3-5-18(19(11-14)30-2)32-17-6-4-15(22)12-16(17)25(28)29/h3-6,11-13H,7-10H2,1-2H3,(H,23,26). The van der Waals surface area contributed by atoms with Crippen LogP contribution in [0, 0.1) is 10.1 Å². The van der Waals surface area contributed by atoms with Crippen molar-refractivity contribution in [3.63, 3.8) is 0 Å². The first kappa shape index (κ1) is 23.3. The third kappa shape index (κ3) is 5.45.